The summed E-state index contributed by atoms with van der Waals surface area (Å²) in [6.07, 6.45) is 1.45. The summed E-state index contributed by atoms with van der Waals surface area (Å²) in [5.41, 5.74) is 3.50. The summed E-state index contributed by atoms with van der Waals surface area (Å²) in [6, 6.07) is 11.4. The maximum Gasteiger partial charge on any atom is 0.336 e. The Balaban J connectivity index is 1.78. The van der Waals surface area contributed by atoms with Crippen LogP contribution in [0.2, 0.25) is 0 Å². The number of carbonyl (C=O) groups is 2. The third kappa shape index (κ3) is 5.86. The van der Waals surface area contributed by atoms with Gasteiger partial charge in [0.25, 0.3) is 0 Å². The van der Waals surface area contributed by atoms with Crippen LogP contribution in [-0.2, 0) is 14.3 Å². The van der Waals surface area contributed by atoms with E-state index in [4.69, 9.17) is 28.7 Å². The highest BCUT2D eigenvalue weighted by atomic mass is 16.5. The number of benzene rings is 2. The Morgan fingerprint density at radius 1 is 0.900 bits per heavy atom. The minimum atomic E-state index is -0.582. The van der Waals surface area contributed by atoms with Crippen molar-refractivity contribution in [3.05, 3.63) is 58.8 Å². The Bertz CT molecular complexity index is 1330. The number of ether oxygens (including phenoxy) is 5. The molecular weight excluding hydrogens is 510 g/mol. The Kier molecular flexibility index (Phi) is 9.17. The molecule has 214 valence electrons. The third-order valence-electron chi connectivity index (χ3n) is 7.40. The molecule has 0 N–H and O–H groups in total. The Hall–Kier alpha value is -3.81. The molecule has 0 bridgehead atoms. The standard InChI is InChI=1S/C32H39NO7/c1-8-13-39-26-12-10-21(17-28(26)38-7)30-29(32(35)40-18(2)3)19(4)33-23-14-22(15-24(34)31(23)30)20-9-11-25(36-5)27(16-20)37-6/h9-12,16-18,22,30-31H,8,13-15H2,1-7H3/t22-,30+,31?/m0/s1. The molecule has 4 rings (SSSR count). The van der Waals surface area contributed by atoms with Crippen LogP contribution in [0.15, 0.2) is 52.7 Å². The molecule has 0 saturated heterocycles. The third-order valence-corrected chi connectivity index (χ3v) is 7.40. The van der Waals surface area contributed by atoms with Crippen molar-refractivity contribution >= 4 is 17.5 Å². The maximum absolute atomic E-state index is 14.0. The second kappa shape index (κ2) is 12.6. The van der Waals surface area contributed by atoms with E-state index in [1.165, 1.54) is 0 Å². The molecule has 0 amide bonds. The summed E-state index contributed by atoms with van der Waals surface area (Å²) in [4.78, 5) is 32.2. The number of nitrogens with zero attached hydrogens (tertiary/aromatic N) is 1. The molecule has 3 atom stereocenters. The van der Waals surface area contributed by atoms with Crippen LogP contribution in [-0.4, -0.2) is 51.5 Å². The number of carbonyl (C=O) groups excluding carboxylic acids is 2. The quantitative estimate of drug-likeness (QED) is 0.334. The Morgan fingerprint density at radius 2 is 1.52 bits per heavy atom. The molecule has 40 heavy (non-hydrogen) atoms. The van der Waals surface area contributed by atoms with E-state index in [1.807, 2.05) is 64.1 Å². The molecule has 2 aromatic rings. The summed E-state index contributed by atoms with van der Waals surface area (Å²) in [5.74, 6) is 0.791. The van der Waals surface area contributed by atoms with Crippen molar-refractivity contribution in [1.82, 2.24) is 0 Å². The van der Waals surface area contributed by atoms with Crippen molar-refractivity contribution in [2.75, 3.05) is 27.9 Å². The number of Topliss-reactive ketones (excluding diaryl/α,β-unsaturated/α-hetero) is 1. The van der Waals surface area contributed by atoms with Crippen LogP contribution < -0.4 is 18.9 Å². The predicted octanol–water partition coefficient (Wildman–Crippen LogP) is 6.03. The normalized spacial score (nSPS) is 20.6. The van der Waals surface area contributed by atoms with Crippen LogP contribution in [0.4, 0.5) is 0 Å². The van der Waals surface area contributed by atoms with Gasteiger partial charge in [-0.25, -0.2) is 4.79 Å². The number of hydrogen-bond donors (Lipinski definition) is 0. The van der Waals surface area contributed by atoms with E-state index in [1.54, 1.807) is 21.3 Å². The van der Waals surface area contributed by atoms with E-state index < -0.39 is 17.8 Å². The van der Waals surface area contributed by atoms with Gasteiger partial charge in [0.1, 0.15) is 5.78 Å². The zero-order chi connectivity index (χ0) is 29.0. The molecule has 0 radical (unpaired) electrons. The minimum Gasteiger partial charge on any atom is -0.493 e. The molecule has 2 aromatic carbocycles. The van der Waals surface area contributed by atoms with Gasteiger partial charge in [0.15, 0.2) is 23.0 Å². The van der Waals surface area contributed by atoms with E-state index in [9.17, 15) is 9.59 Å². The fourth-order valence-electron chi connectivity index (χ4n) is 5.63. The SMILES string of the molecule is CCCOc1ccc([C@@H]2C(C(=O)OC(C)C)=C(C)N=C3C[C@H](c4ccc(OC)c(OC)c4)CC(=O)C32)cc1OC. The van der Waals surface area contributed by atoms with E-state index in [-0.39, 0.29) is 17.8 Å². The van der Waals surface area contributed by atoms with Crippen LogP contribution >= 0.6 is 0 Å². The van der Waals surface area contributed by atoms with E-state index in [2.05, 4.69) is 0 Å². The number of hydrogen-bond acceptors (Lipinski definition) is 8. The second-order valence-electron chi connectivity index (χ2n) is 10.5. The van der Waals surface area contributed by atoms with Crippen LogP contribution in [0.25, 0.3) is 0 Å². The molecule has 1 saturated carbocycles. The van der Waals surface area contributed by atoms with Gasteiger partial charge in [0.2, 0.25) is 0 Å². The second-order valence-corrected chi connectivity index (χ2v) is 10.5. The highest BCUT2D eigenvalue weighted by Crippen LogP contribution is 2.48. The van der Waals surface area contributed by atoms with Gasteiger partial charge < -0.3 is 23.7 Å². The van der Waals surface area contributed by atoms with Gasteiger partial charge in [0.05, 0.1) is 45.5 Å². The van der Waals surface area contributed by atoms with E-state index in [0.717, 1.165) is 23.3 Å². The van der Waals surface area contributed by atoms with Gasteiger partial charge in [-0.1, -0.05) is 19.1 Å². The fraction of sp³-hybridized carbons (Fsp3) is 0.469. The van der Waals surface area contributed by atoms with Gasteiger partial charge in [-0.2, -0.15) is 0 Å². The summed E-state index contributed by atoms with van der Waals surface area (Å²) in [6.45, 7) is 8.02. The van der Waals surface area contributed by atoms with Gasteiger partial charge in [-0.3, -0.25) is 9.79 Å². The average molecular weight is 550 g/mol. The molecule has 1 aliphatic heterocycles. The number of allylic oxidation sites excluding steroid dienone is 1. The molecule has 8 heteroatoms. The van der Waals surface area contributed by atoms with Gasteiger partial charge in [-0.15, -0.1) is 0 Å². The number of fused-ring (bicyclic) bond motifs is 1. The molecule has 1 heterocycles. The van der Waals surface area contributed by atoms with Crippen LogP contribution in [0.3, 0.4) is 0 Å². The van der Waals surface area contributed by atoms with Crippen molar-refractivity contribution < 1.29 is 33.3 Å². The first-order valence-electron chi connectivity index (χ1n) is 13.8. The summed E-state index contributed by atoms with van der Waals surface area (Å²) >= 11 is 0. The molecule has 0 aromatic heterocycles. The maximum atomic E-state index is 14.0. The van der Waals surface area contributed by atoms with Crippen molar-refractivity contribution in [2.45, 2.75) is 64.9 Å². The van der Waals surface area contributed by atoms with Crippen LogP contribution in [0, 0.1) is 5.92 Å². The highest BCUT2D eigenvalue weighted by molar-refractivity contribution is 6.12. The molecule has 1 aliphatic carbocycles. The van der Waals surface area contributed by atoms with Gasteiger partial charge >= 0.3 is 5.97 Å². The molecule has 1 unspecified atom stereocenters. The smallest absolute Gasteiger partial charge is 0.336 e. The molecule has 2 aliphatic rings. The lowest BCUT2D eigenvalue weighted by Crippen LogP contribution is -2.41. The lowest BCUT2D eigenvalue weighted by Gasteiger charge is -2.38. The van der Waals surface area contributed by atoms with E-state index in [0.29, 0.717) is 53.7 Å². The van der Waals surface area contributed by atoms with Crippen LogP contribution in [0.1, 0.15) is 69.9 Å². The zero-order valence-electron chi connectivity index (χ0n) is 24.4. The minimum absolute atomic E-state index is 0.0300. The fourth-order valence-corrected chi connectivity index (χ4v) is 5.63. The zero-order valence-corrected chi connectivity index (χ0v) is 24.4. The predicted molar refractivity (Wildman–Crippen MR) is 153 cm³/mol. The molecular formula is C32H39NO7. The summed E-state index contributed by atoms with van der Waals surface area (Å²) < 4.78 is 28.0. The lowest BCUT2D eigenvalue weighted by atomic mass is 9.66. The van der Waals surface area contributed by atoms with Gasteiger partial charge in [0, 0.05) is 23.7 Å². The largest absolute Gasteiger partial charge is 0.493 e. The number of methoxy groups -OCH3 is 3. The number of ketones is 1. The Labute approximate surface area is 236 Å². The van der Waals surface area contributed by atoms with Crippen LogP contribution in [0.5, 0.6) is 23.0 Å². The van der Waals surface area contributed by atoms with Crippen molar-refractivity contribution in [3.8, 4) is 23.0 Å². The number of esters is 1. The average Bonchev–Trinajstić information content (AvgIpc) is 2.94. The number of aliphatic imine (C=N–C) groups is 1. The summed E-state index contributed by atoms with van der Waals surface area (Å²) in [5, 5.41) is 0. The first-order chi connectivity index (χ1) is 19.2. The highest BCUT2D eigenvalue weighted by Gasteiger charge is 2.46. The molecule has 8 nitrogen and oxygen atoms in total. The summed E-state index contributed by atoms with van der Waals surface area (Å²) in [7, 11) is 4.77. The monoisotopic (exact) mass is 549 g/mol. The first-order valence-corrected chi connectivity index (χ1v) is 13.8. The van der Waals surface area contributed by atoms with Crippen molar-refractivity contribution in [1.29, 1.82) is 0 Å². The molecule has 0 spiro atoms. The first kappa shape index (κ1) is 29.2. The van der Waals surface area contributed by atoms with Crippen molar-refractivity contribution in [2.24, 2.45) is 10.9 Å². The van der Waals surface area contributed by atoms with Gasteiger partial charge in [-0.05, 0) is 74.9 Å². The van der Waals surface area contributed by atoms with E-state index >= 15 is 0 Å². The Morgan fingerprint density at radius 3 is 2.17 bits per heavy atom. The number of rotatable bonds is 10. The lowest BCUT2D eigenvalue weighted by molar-refractivity contribution is -0.143. The van der Waals surface area contributed by atoms with Crippen molar-refractivity contribution in [3.63, 3.8) is 0 Å². The topological polar surface area (TPSA) is 92.7 Å². The molecule has 1 fully saturated rings.